The maximum Gasteiger partial charge on any atom is 0.221 e. The average Bonchev–Trinajstić information content (AvgIpc) is 2.63. The third-order valence-electron chi connectivity index (χ3n) is 4.06. The van der Waals surface area contributed by atoms with Crippen molar-refractivity contribution in [1.82, 2.24) is 4.72 Å². The van der Waals surface area contributed by atoms with Crippen LogP contribution in [0, 0.1) is 5.82 Å². The molecule has 8 heteroatoms. The Balaban J connectivity index is 2.30. The normalized spacial score (nSPS) is 13.6. The fraction of sp³-hybridized carbons (Fsp3) is 0.381. The molecule has 1 amide bonds. The molecule has 0 bridgehead atoms. The lowest BCUT2D eigenvalue weighted by Crippen LogP contribution is -2.35. The number of rotatable bonds is 7. The summed E-state index contributed by atoms with van der Waals surface area (Å²) in [6, 6.07) is 9.19. The van der Waals surface area contributed by atoms with E-state index in [0.29, 0.717) is 23.4 Å². The number of carbonyl (C=O) groups is 1. The van der Waals surface area contributed by atoms with Crippen molar-refractivity contribution in [3.05, 3.63) is 52.8 Å². The number of nitrogens with one attached hydrogen (secondary N) is 2. The first-order valence-electron chi connectivity index (χ1n) is 9.24. The Hall–Kier alpha value is -1.96. The Bertz CT molecular complexity index is 898. The fourth-order valence-corrected chi connectivity index (χ4v) is 3.60. The minimum Gasteiger partial charge on any atom is -0.453 e. The summed E-state index contributed by atoms with van der Waals surface area (Å²) in [6.07, 6.45) is 0.533. The minimum absolute atomic E-state index is 0.0989. The van der Waals surface area contributed by atoms with E-state index in [0.717, 1.165) is 0 Å². The molecule has 0 heterocycles. The van der Waals surface area contributed by atoms with Crippen LogP contribution in [-0.4, -0.2) is 14.9 Å². The van der Waals surface area contributed by atoms with Crippen LogP contribution in [-0.2, 0) is 15.8 Å². The van der Waals surface area contributed by atoms with Crippen LogP contribution in [0.4, 0.5) is 10.1 Å². The minimum atomic E-state index is -1.36. The van der Waals surface area contributed by atoms with E-state index in [1.165, 1.54) is 6.92 Å². The van der Waals surface area contributed by atoms with Crippen molar-refractivity contribution in [2.24, 2.45) is 0 Å². The number of carbonyl (C=O) groups excluding carboxylic acids is 1. The monoisotopic (exact) mass is 440 g/mol. The number of hydrogen-bond donors (Lipinski definition) is 2. The number of benzene rings is 2. The molecule has 1 unspecified atom stereocenters. The van der Waals surface area contributed by atoms with Crippen molar-refractivity contribution in [1.29, 1.82) is 0 Å². The van der Waals surface area contributed by atoms with Crippen LogP contribution >= 0.6 is 11.6 Å². The highest BCUT2D eigenvalue weighted by Crippen LogP contribution is 2.37. The summed E-state index contributed by atoms with van der Waals surface area (Å²) in [6.45, 7) is 8.84. The van der Waals surface area contributed by atoms with Gasteiger partial charge in [0.15, 0.2) is 11.6 Å². The van der Waals surface area contributed by atoms with Gasteiger partial charge in [0.05, 0.1) is 20.8 Å². The van der Waals surface area contributed by atoms with Gasteiger partial charge in [-0.25, -0.2) is 13.3 Å². The topological polar surface area (TPSA) is 67.4 Å². The Morgan fingerprint density at radius 3 is 2.34 bits per heavy atom. The van der Waals surface area contributed by atoms with Gasteiger partial charge in [-0.15, -0.1) is 0 Å². The Morgan fingerprint density at radius 2 is 1.83 bits per heavy atom. The highest BCUT2D eigenvalue weighted by Gasteiger charge is 2.26. The van der Waals surface area contributed by atoms with E-state index in [9.17, 15) is 9.00 Å². The summed E-state index contributed by atoms with van der Waals surface area (Å²) >= 11 is 6.18. The number of ether oxygens (including phenoxy) is 1. The molecule has 2 aromatic carbocycles. The molecule has 0 radical (unpaired) electrons. The van der Waals surface area contributed by atoms with Crippen molar-refractivity contribution in [3.63, 3.8) is 0 Å². The quantitative estimate of drug-likeness (QED) is 0.577. The highest BCUT2D eigenvalue weighted by molar-refractivity contribution is 7.84. The fourth-order valence-electron chi connectivity index (χ4n) is 2.51. The summed E-state index contributed by atoms with van der Waals surface area (Å²) in [5.41, 5.74) is 0.935. The second-order valence-corrected chi connectivity index (χ2v) is 9.95. The van der Waals surface area contributed by atoms with Gasteiger partial charge in [-0.1, -0.05) is 24.6 Å². The molecule has 5 nitrogen and oxygen atoms in total. The number of halogens is 2. The van der Waals surface area contributed by atoms with Crippen LogP contribution in [0.3, 0.4) is 0 Å². The first-order valence-corrected chi connectivity index (χ1v) is 10.8. The SMILES string of the molecule is CC[C@@H](NS(=O)C(C)(C)C)c1ccc(Cl)c(Oc2ccc(NC(C)=O)cc2)c1F. The highest BCUT2D eigenvalue weighted by atomic mass is 35.5. The average molecular weight is 441 g/mol. The van der Waals surface area contributed by atoms with E-state index >= 15 is 4.39 Å². The van der Waals surface area contributed by atoms with Crippen molar-refractivity contribution in [3.8, 4) is 11.5 Å². The van der Waals surface area contributed by atoms with Gasteiger partial charge in [0, 0.05) is 24.2 Å². The van der Waals surface area contributed by atoms with Gasteiger partial charge >= 0.3 is 0 Å². The molecule has 0 aliphatic heterocycles. The third-order valence-corrected chi connectivity index (χ3v) is 5.97. The Kier molecular flexibility index (Phi) is 7.80. The summed E-state index contributed by atoms with van der Waals surface area (Å²) in [5, 5.41) is 2.78. The van der Waals surface area contributed by atoms with Crippen LogP contribution in [0.25, 0.3) is 0 Å². The smallest absolute Gasteiger partial charge is 0.221 e. The lowest BCUT2D eigenvalue weighted by atomic mass is 10.0. The molecule has 0 spiro atoms. The van der Waals surface area contributed by atoms with Gasteiger partial charge in [0.1, 0.15) is 5.75 Å². The van der Waals surface area contributed by atoms with Gasteiger partial charge in [0.2, 0.25) is 5.91 Å². The zero-order valence-corrected chi connectivity index (χ0v) is 18.7. The molecule has 0 saturated heterocycles. The van der Waals surface area contributed by atoms with Crippen molar-refractivity contribution < 1.29 is 18.1 Å². The van der Waals surface area contributed by atoms with Crippen molar-refractivity contribution in [2.75, 3.05) is 5.32 Å². The van der Waals surface area contributed by atoms with Crippen LogP contribution in [0.1, 0.15) is 52.6 Å². The number of hydrogen-bond acceptors (Lipinski definition) is 3. The van der Waals surface area contributed by atoms with Gasteiger partial charge in [-0.3, -0.25) is 4.79 Å². The lowest BCUT2D eigenvalue weighted by Gasteiger charge is -2.24. The Morgan fingerprint density at radius 1 is 1.21 bits per heavy atom. The maximum absolute atomic E-state index is 15.2. The number of anilines is 1. The first-order chi connectivity index (χ1) is 13.5. The molecule has 2 aromatic rings. The molecular formula is C21H26ClFN2O3S. The second kappa shape index (κ2) is 9.69. The van der Waals surface area contributed by atoms with Gasteiger partial charge in [-0.05, 0) is 57.5 Å². The van der Waals surface area contributed by atoms with Crippen molar-refractivity contribution >= 4 is 34.2 Å². The largest absolute Gasteiger partial charge is 0.453 e. The molecule has 0 fully saturated rings. The molecule has 0 aliphatic rings. The molecule has 0 aromatic heterocycles. The van der Waals surface area contributed by atoms with Gasteiger partial charge in [-0.2, -0.15) is 0 Å². The van der Waals surface area contributed by atoms with E-state index in [-0.39, 0.29) is 16.7 Å². The standard InChI is InChI=1S/C21H26ClFN2O3S/c1-6-18(25-29(27)21(3,4)5)16-11-12-17(22)20(19(16)23)28-15-9-7-14(8-10-15)24-13(2)26/h7-12,18,25H,6H2,1-5H3,(H,24,26)/t18-,29?/m1/s1. The predicted octanol–water partition coefficient (Wildman–Crippen LogP) is 5.73. The molecule has 2 N–H and O–H groups in total. The molecular weight excluding hydrogens is 415 g/mol. The van der Waals surface area contributed by atoms with Crippen LogP contribution in [0.5, 0.6) is 11.5 Å². The summed E-state index contributed by atoms with van der Waals surface area (Å²) in [7, 11) is -1.36. The van der Waals surface area contributed by atoms with E-state index in [1.807, 2.05) is 27.7 Å². The molecule has 2 atom stereocenters. The molecule has 0 aliphatic carbocycles. The van der Waals surface area contributed by atoms with Crippen LogP contribution in [0.2, 0.25) is 5.02 Å². The van der Waals surface area contributed by atoms with Crippen LogP contribution in [0.15, 0.2) is 36.4 Å². The second-order valence-electron chi connectivity index (χ2n) is 7.55. The van der Waals surface area contributed by atoms with E-state index in [4.69, 9.17) is 16.3 Å². The summed E-state index contributed by atoms with van der Waals surface area (Å²) in [5.74, 6) is -0.519. The predicted molar refractivity (Wildman–Crippen MR) is 116 cm³/mol. The molecule has 2 rings (SSSR count). The molecule has 158 valence electrons. The van der Waals surface area contributed by atoms with Crippen LogP contribution < -0.4 is 14.8 Å². The van der Waals surface area contributed by atoms with E-state index < -0.39 is 27.6 Å². The third kappa shape index (κ3) is 6.26. The van der Waals surface area contributed by atoms with E-state index in [2.05, 4.69) is 10.0 Å². The lowest BCUT2D eigenvalue weighted by molar-refractivity contribution is -0.114. The zero-order valence-electron chi connectivity index (χ0n) is 17.1. The molecule has 29 heavy (non-hydrogen) atoms. The Labute approximate surface area is 178 Å². The summed E-state index contributed by atoms with van der Waals surface area (Å²) < 4.78 is 35.9. The van der Waals surface area contributed by atoms with E-state index in [1.54, 1.807) is 36.4 Å². The number of amides is 1. The van der Waals surface area contributed by atoms with Gasteiger partial charge in [0.25, 0.3) is 0 Å². The summed E-state index contributed by atoms with van der Waals surface area (Å²) in [4.78, 5) is 11.1. The molecule has 0 saturated carbocycles. The van der Waals surface area contributed by atoms with Gasteiger partial charge < -0.3 is 10.1 Å². The zero-order chi connectivity index (χ0) is 21.8. The first kappa shape index (κ1) is 23.3. The van der Waals surface area contributed by atoms with Crippen molar-refractivity contribution in [2.45, 2.75) is 51.8 Å². The maximum atomic E-state index is 15.2.